The standard InChI is InChI=1S/C44H39N3O12S.C42H35N3O11S/c1-4-39(48)54-24-10-9-23-53-27-35(57-41(50)6-3)28-55-32-17-13-30(14-18-32)43(52)59-37-22-21-34(58-42(51)29-15-19-33(20-16-29)56-40(49)5-2)25-31(37)26-45-47-44-46-36-11-7-8-12-38(36)60-44;1-4-37(46)53-26-33(55-39(48)6-3)25-52-31-16-12-28(13-17-31)40(49)51-22-21-27-11-20-35(56-41(50)29-14-18-32(19-15-29)54-38(47)5-2)30(23-27)24-43-45-42-44-34-9-7-8-10-36(34)57-42/h4-8,11-22,25-26,35H,1-3,9-10,23-24,27-28H2,(H,46,47);4-20,23-24,33H,1-3,21-22,25-26H2,(H,44,45)/b45-26+;43-24+. The Kier molecular flexibility index (Phi) is 33.2. The van der Waals surface area contributed by atoms with Crippen LogP contribution in [-0.4, -0.2) is 141 Å². The summed E-state index contributed by atoms with van der Waals surface area (Å²) in [5.41, 5.74) is 9.77. The van der Waals surface area contributed by atoms with E-state index in [9.17, 15) is 47.9 Å². The second-order valence-corrected chi connectivity index (χ2v) is 25.9. The number of fused-ring (bicyclic) bond motifs is 2. The number of anilines is 2. The summed E-state index contributed by atoms with van der Waals surface area (Å²) in [4.78, 5) is 130. The summed E-state index contributed by atoms with van der Waals surface area (Å²) in [5, 5.41) is 9.71. The highest BCUT2D eigenvalue weighted by molar-refractivity contribution is 7.22. The van der Waals surface area contributed by atoms with E-state index in [-0.39, 0.29) is 96.2 Å². The van der Waals surface area contributed by atoms with Crippen LogP contribution in [0.4, 0.5) is 10.3 Å². The van der Waals surface area contributed by atoms with Crippen molar-refractivity contribution in [3.05, 3.63) is 297 Å². The van der Waals surface area contributed by atoms with Crippen LogP contribution >= 0.6 is 22.7 Å². The fourth-order valence-corrected chi connectivity index (χ4v) is 11.4. The van der Waals surface area contributed by atoms with Gasteiger partial charge in [0.1, 0.15) is 60.1 Å². The lowest BCUT2D eigenvalue weighted by atomic mass is 10.1. The van der Waals surface area contributed by atoms with Crippen LogP contribution in [0.5, 0.6) is 40.2 Å². The van der Waals surface area contributed by atoms with Crippen molar-refractivity contribution < 1.29 is 110 Å². The number of hydrogen-bond acceptors (Lipinski definition) is 31. The van der Waals surface area contributed by atoms with Crippen molar-refractivity contribution in [3.8, 4) is 40.2 Å². The molecule has 0 aliphatic carbocycles. The largest absolute Gasteiger partial charge is 0.490 e. The average Bonchev–Trinajstić information content (AvgIpc) is 1.83. The summed E-state index contributed by atoms with van der Waals surface area (Å²) in [6, 6.07) is 48.6. The number of esters is 10. The molecule has 0 bridgehead atoms. The number of rotatable bonds is 41. The quantitative estimate of drug-likeness (QED) is 0.00683. The van der Waals surface area contributed by atoms with Crippen molar-refractivity contribution >= 4 is 125 Å². The number of carbonyl (C=O) groups is 10. The maximum absolute atomic E-state index is 13.3. The van der Waals surface area contributed by atoms with E-state index < -0.39 is 71.9 Å². The van der Waals surface area contributed by atoms with Crippen molar-refractivity contribution in [2.24, 2.45) is 10.2 Å². The highest BCUT2D eigenvalue weighted by Crippen LogP contribution is 2.30. The molecule has 0 fully saturated rings. The second-order valence-electron chi connectivity index (χ2n) is 23.8. The first-order chi connectivity index (χ1) is 56.8. The number of hydrogen-bond donors (Lipinski definition) is 2. The molecule has 10 rings (SSSR count). The molecule has 117 heavy (non-hydrogen) atoms. The molecule has 10 aromatic rings. The number of benzene rings is 8. The minimum Gasteiger partial charge on any atom is -0.490 e. The first-order valence-corrected chi connectivity index (χ1v) is 37.0. The molecule has 0 spiro atoms. The molecule has 2 atom stereocenters. The maximum Gasteiger partial charge on any atom is 0.343 e. The zero-order valence-electron chi connectivity index (χ0n) is 62.4. The molecule has 0 radical (unpaired) electrons. The highest BCUT2D eigenvalue weighted by atomic mass is 32.1. The Morgan fingerprint density at radius 3 is 1.26 bits per heavy atom. The average molecular weight is 1620 g/mol. The molecule has 2 N–H and O–H groups in total. The number of nitrogens with one attached hydrogen (secondary N) is 2. The topological polar surface area (TPSA) is 365 Å². The van der Waals surface area contributed by atoms with Crippen molar-refractivity contribution in [2.45, 2.75) is 31.5 Å². The molecule has 8 aromatic carbocycles. The minimum atomic E-state index is -0.916. The van der Waals surface area contributed by atoms with E-state index in [1.54, 1.807) is 42.5 Å². The van der Waals surface area contributed by atoms with Gasteiger partial charge in [0.25, 0.3) is 0 Å². The van der Waals surface area contributed by atoms with Gasteiger partial charge < -0.3 is 61.6 Å². The van der Waals surface area contributed by atoms with Gasteiger partial charge in [-0.3, -0.25) is 10.9 Å². The van der Waals surface area contributed by atoms with Gasteiger partial charge in [-0.25, -0.2) is 57.9 Å². The summed E-state index contributed by atoms with van der Waals surface area (Å²) in [6.07, 6.45) is 8.84. The van der Waals surface area contributed by atoms with E-state index in [2.05, 4.69) is 70.5 Å². The lowest BCUT2D eigenvalue weighted by Gasteiger charge is -2.18. The Labute approximate surface area is 677 Å². The van der Waals surface area contributed by atoms with Crippen molar-refractivity contribution in [1.29, 1.82) is 0 Å². The first-order valence-electron chi connectivity index (χ1n) is 35.3. The zero-order valence-corrected chi connectivity index (χ0v) is 64.0. The Balaban J connectivity index is 0.000000267. The SMILES string of the molecule is C=CC(=O)OCC(COc1ccc(C(=O)OCCc2ccc(OC(=O)c3ccc(OC(=O)C=C)cc3)c(/C=N/Nc3nc4ccccc4s3)c2)cc1)OC(=O)C=C.C=CC(=O)OCCCCOCC(COc1ccc(C(=O)Oc2ccc(OC(=O)c3ccc(OC(=O)C=C)cc3)cc2/C=N/Nc2nc3ccccc3s2)cc1)OC(=O)C=C. The third-order valence-electron chi connectivity index (χ3n) is 15.5. The smallest absolute Gasteiger partial charge is 0.343 e. The van der Waals surface area contributed by atoms with Crippen LogP contribution < -0.4 is 44.0 Å². The van der Waals surface area contributed by atoms with Crippen molar-refractivity contribution in [3.63, 3.8) is 0 Å². The van der Waals surface area contributed by atoms with Crippen LogP contribution in [0, 0.1) is 0 Å². The molecular weight excluding hydrogens is 1550 g/mol. The fourth-order valence-electron chi connectivity index (χ4n) is 9.74. The molecule has 0 aliphatic rings. The van der Waals surface area contributed by atoms with E-state index in [4.69, 9.17) is 61.6 Å². The van der Waals surface area contributed by atoms with Crippen LogP contribution in [0.2, 0.25) is 0 Å². The van der Waals surface area contributed by atoms with Gasteiger partial charge in [0.2, 0.25) is 10.3 Å². The van der Waals surface area contributed by atoms with Gasteiger partial charge in [0.15, 0.2) is 12.2 Å². The Morgan fingerprint density at radius 2 is 0.786 bits per heavy atom. The molecule has 2 unspecified atom stereocenters. The predicted molar refractivity (Wildman–Crippen MR) is 434 cm³/mol. The Bertz CT molecular complexity index is 5250. The summed E-state index contributed by atoms with van der Waals surface area (Å²) >= 11 is 2.82. The van der Waals surface area contributed by atoms with Gasteiger partial charge in [-0.2, -0.15) is 10.2 Å². The molecular formula is C86H74N6O23S2. The number of ether oxygens (including phenoxy) is 13. The van der Waals surface area contributed by atoms with Gasteiger partial charge in [-0.15, -0.1) is 0 Å². The van der Waals surface area contributed by atoms with Gasteiger partial charge in [-0.1, -0.05) is 92.5 Å². The molecule has 598 valence electrons. The minimum absolute atomic E-state index is 0.0271. The van der Waals surface area contributed by atoms with Gasteiger partial charge in [0.05, 0.1) is 74.9 Å². The number of thiazole rings is 2. The lowest BCUT2D eigenvalue weighted by Crippen LogP contribution is -2.30. The van der Waals surface area contributed by atoms with E-state index in [0.717, 1.165) is 62.5 Å². The second kappa shape index (κ2) is 45.0. The van der Waals surface area contributed by atoms with Gasteiger partial charge in [-0.05, 0) is 170 Å². The molecule has 0 amide bonds. The number of nitrogens with zero attached hydrogens (tertiary/aromatic N) is 4. The molecule has 0 saturated carbocycles. The highest BCUT2D eigenvalue weighted by Gasteiger charge is 2.22. The van der Waals surface area contributed by atoms with Crippen LogP contribution in [-0.2, 0) is 63.6 Å². The van der Waals surface area contributed by atoms with Crippen LogP contribution in [0.1, 0.15) is 71.0 Å². The number of unbranched alkanes of at least 4 members (excludes halogenated alkanes) is 1. The van der Waals surface area contributed by atoms with Crippen LogP contribution in [0.25, 0.3) is 20.4 Å². The number of para-hydroxylation sites is 2. The summed E-state index contributed by atoms with van der Waals surface area (Å²) in [5.74, 6) is -4.82. The summed E-state index contributed by atoms with van der Waals surface area (Å²) in [6.45, 7) is 20.3. The third-order valence-corrected chi connectivity index (χ3v) is 17.4. The number of carbonyl (C=O) groups excluding carboxylic acids is 10. The molecule has 2 heterocycles. The van der Waals surface area contributed by atoms with Crippen LogP contribution in [0.15, 0.2) is 268 Å². The van der Waals surface area contributed by atoms with E-state index in [1.807, 2.05) is 48.5 Å². The molecule has 0 saturated heterocycles. The molecule has 2 aromatic heterocycles. The molecule has 29 nitrogen and oxygen atoms in total. The third kappa shape index (κ3) is 28.1. The Hall–Kier alpha value is -14.8. The lowest BCUT2D eigenvalue weighted by molar-refractivity contribution is -0.154. The Morgan fingerprint density at radius 1 is 0.376 bits per heavy atom. The number of hydrazone groups is 2. The van der Waals surface area contributed by atoms with Crippen LogP contribution in [0.3, 0.4) is 0 Å². The van der Waals surface area contributed by atoms with E-state index >= 15 is 0 Å². The number of aromatic nitrogens is 2. The summed E-state index contributed by atoms with van der Waals surface area (Å²) in [7, 11) is 0. The van der Waals surface area contributed by atoms with Gasteiger partial charge >= 0.3 is 59.7 Å². The van der Waals surface area contributed by atoms with E-state index in [0.29, 0.717) is 53.2 Å². The normalized spacial score (nSPS) is 11.2. The predicted octanol–water partition coefficient (Wildman–Crippen LogP) is 13.9. The molecule has 0 aliphatic heterocycles. The monoisotopic (exact) mass is 1620 g/mol. The van der Waals surface area contributed by atoms with Gasteiger partial charge in [0, 0.05) is 60.6 Å². The maximum atomic E-state index is 13.3. The summed E-state index contributed by atoms with van der Waals surface area (Å²) < 4.78 is 72.2. The zero-order chi connectivity index (χ0) is 83.3. The first kappa shape index (κ1) is 86.2. The molecule has 31 heteroatoms. The van der Waals surface area contributed by atoms with Crippen molar-refractivity contribution in [2.75, 3.05) is 57.1 Å². The fraction of sp³-hybridized carbons (Fsp3) is 0.140. The van der Waals surface area contributed by atoms with Crippen molar-refractivity contribution in [1.82, 2.24) is 9.97 Å². The van der Waals surface area contributed by atoms with E-state index in [1.165, 1.54) is 126 Å².